The minimum absolute atomic E-state index is 0.0108. The molecule has 1 atom stereocenters. The zero-order chi connectivity index (χ0) is 17.3. The number of hydrogen-bond donors (Lipinski definition) is 1. The van der Waals surface area contributed by atoms with Crippen molar-refractivity contribution in [3.63, 3.8) is 0 Å². The van der Waals surface area contributed by atoms with Gasteiger partial charge in [0.15, 0.2) is 6.61 Å². The number of benzene rings is 1. The fourth-order valence-electron chi connectivity index (χ4n) is 1.70. The van der Waals surface area contributed by atoms with E-state index < -0.39 is 30.9 Å². The van der Waals surface area contributed by atoms with E-state index in [9.17, 15) is 22.8 Å². The molecular formula is C15H18F3NO4. The van der Waals surface area contributed by atoms with E-state index in [-0.39, 0.29) is 13.0 Å². The number of amides is 1. The minimum atomic E-state index is -4.61. The molecule has 0 aliphatic heterocycles. The second-order valence-electron chi connectivity index (χ2n) is 4.77. The third-order valence-corrected chi connectivity index (χ3v) is 2.74. The van der Waals surface area contributed by atoms with Gasteiger partial charge >= 0.3 is 18.2 Å². The molecule has 0 unspecified atom stereocenters. The van der Waals surface area contributed by atoms with Gasteiger partial charge in [-0.05, 0) is 12.0 Å². The molecule has 1 aromatic rings. The van der Waals surface area contributed by atoms with Crippen molar-refractivity contribution in [1.82, 2.24) is 5.32 Å². The Balaban J connectivity index is 2.47. The molecule has 1 N–H and O–H groups in total. The van der Waals surface area contributed by atoms with Crippen LogP contribution in [0.1, 0.15) is 25.3 Å². The van der Waals surface area contributed by atoms with Crippen molar-refractivity contribution in [2.24, 2.45) is 0 Å². The summed E-state index contributed by atoms with van der Waals surface area (Å²) in [6.45, 7) is 0.0247. The first-order valence-electron chi connectivity index (χ1n) is 7.02. The molecule has 0 heterocycles. The average molecular weight is 333 g/mol. The standard InChI is InChI=1S/C15H18F3NO4/c1-2-6-12(13(20)23-10-15(16,17)18)19-14(21)22-9-11-7-4-3-5-8-11/h3-5,7-8,12H,2,6,9-10H2,1H3,(H,19,21)/t12-/m0/s1. The summed E-state index contributed by atoms with van der Waals surface area (Å²) in [5.74, 6) is -1.14. The number of esters is 1. The highest BCUT2D eigenvalue weighted by atomic mass is 19.4. The summed E-state index contributed by atoms with van der Waals surface area (Å²) in [4.78, 5) is 23.2. The number of alkyl carbamates (subject to hydrolysis) is 1. The van der Waals surface area contributed by atoms with Gasteiger partial charge in [-0.2, -0.15) is 13.2 Å². The fraction of sp³-hybridized carbons (Fsp3) is 0.467. The Labute approximate surface area is 131 Å². The maximum Gasteiger partial charge on any atom is 0.422 e. The lowest BCUT2D eigenvalue weighted by Gasteiger charge is -2.17. The van der Waals surface area contributed by atoms with E-state index in [0.29, 0.717) is 6.42 Å². The van der Waals surface area contributed by atoms with Crippen molar-refractivity contribution in [2.45, 2.75) is 38.6 Å². The molecule has 0 bridgehead atoms. The van der Waals surface area contributed by atoms with Gasteiger partial charge in [-0.15, -0.1) is 0 Å². The van der Waals surface area contributed by atoms with Gasteiger partial charge in [0, 0.05) is 0 Å². The van der Waals surface area contributed by atoms with Crippen molar-refractivity contribution >= 4 is 12.1 Å². The van der Waals surface area contributed by atoms with Gasteiger partial charge in [0.05, 0.1) is 0 Å². The summed E-state index contributed by atoms with van der Waals surface area (Å²) in [5.41, 5.74) is 0.745. The Morgan fingerprint density at radius 2 is 1.83 bits per heavy atom. The zero-order valence-corrected chi connectivity index (χ0v) is 12.6. The van der Waals surface area contributed by atoms with Crippen molar-refractivity contribution < 1.29 is 32.2 Å². The highest BCUT2D eigenvalue weighted by molar-refractivity contribution is 5.81. The lowest BCUT2D eigenvalue weighted by atomic mass is 10.2. The molecule has 0 saturated carbocycles. The number of rotatable bonds is 7. The molecule has 0 saturated heterocycles. The summed E-state index contributed by atoms with van der Waals surface area (Å²) in [6, 6.07) is 7.65. The predicted molar refractivity (Wildman–Crippen MR) is 75.5 cm³/mol. The summed E-state index contributed by atoms with van der Waals surface area (Å²) < 4.78 is 45.2. The van der Waals surface area contributed by atoms with E-state index >= 15 is 0 Å². The van der Waals surface area contributed by atoms with E-state index in [4.69, 9.17) is 4.74 Å². The first kappa shape index (κ1) is 18.8. The molecule has 0 fully saturated rings. The van der Waals surface area contributed by atoms with E-state index in [1.165, 1.54) is 0 Å². The molecule has 1 amide bonds. The normalized spacial score (nSPS) is 12.3. The Morgan fingerprint density at radius 1 is 1.17 bits per heavy atom. The van der Waals surface area contributed by atoms with E-state index in [0.717, 1.165) is 5.56 Å². The molecule has 128 valence electrons. The Bertz CT molecular complexity index is 505. The van der Waals surface area contributed by atoms with Gasteiger partial charge in [0.1, 0.15) is 12.6 Å². The summed E-state index contributed by atoms with van der Waals surface area (Å²) in [5, 5.41) is 2.22. The molecule has 0 aliphatic carbocycles. The molecule has 0 aromatic heterocycles. The van der Waals surface area contributed by atoms with Crippen molar-refractivity contribution in [1.29, 1.82) is 0 Å². The third-order valence-electron chi connectivity index (χ3n) is 2.74. The third kappa shape index (κ3) is 8.08. The minimum Gasteiger partial charge on any atom is -0.455 e. The Morgan fingerprint density at radius 3 is 2.39 bits per heavy atom. The Kier molecular flexibility index (Phi) is 7.37. The van der Waals surface area contributed by atoms with Crippen LogP contribution in [0.5, 0.6) is 0 Å². The first-order chi connectivity index (χ1) is 10.8. The average Bonchev–Trinajstić information content (AvgIpc) is 2.50. The SMILES string of the molecule is CCC[C@H](NC(=O)OCc1ccccc1)C(=O)OCC(F)(F)F. The van der Waals surface area contributed by atoms with Gasteiger partial charge in [0.2, 0.25) is 0 Å². The number of carbonyl (C=O) groups excluding carboxylic acids is 2. The topological polar surface area (TPSA) is 64.6 Å². The zero-order valence-electron chi connectivity index (χ0n) is 12.6. The number of alkyl halides is 3. The number of ether oxygens (including phenoxy) is 2. The number of nitrogens with one attached hydrogen (secondary N) is 1. The maximum atomic E-state index is 12.0. The first-order valence-corrected chi connectivity index (χ1v) is 7.02. The molecule has 0 radical (unpaired) electrons. The highest BCUT2D eigenvalue weighted by Crippen LogP contribution is 2.15. The van der Waals surface area contributed by atoms with Gasteiger partial charge in [-0.1, -0.05) is 43.7 Å². The summed E-state index contributed by atoms with van der Waals surface area (Å²) in [7, 11) is 0. The summed E-state index contributed by atoms with van der Waals surface area (Å²) in [6.07, 6.45) is -4.88. The van der Waals surface area contributed by atoms with Crippen LogP contribution in [0.3, 0.4) is 0 Å². The van der Waals surface area contributed by atoms with Gasteiger partial charge in [-0.25, -0.2) is 9.59 Å². The highest BCUT2D eigenvalue weighted by Gasteiger charge is 2.32. The van der Waals surface area contributed by atoms with Crippen LogP contribution < -0.4 is 5.32 Å². The molecule has 23 heavy (non-hydrogen) atoms. The van der Waals surface area contributed by atoms with Crippen LogP contribution in [0.15, 0.2) is 30.3 Å². The monoisotopic (exact) mass is 333 g/mol. The lowest BCUT2D eigenvalue weighted by Crippen LogP contribution is -2.42. The largest absolute Gasteiger partial charge is 0.455 e. The molecule has 8 heteroatoms. The number of halogens is 3. The molecule has 5 nitrogen and oxygen atoms in total. The number of carbonyl (C=O) groups is 2. The molecule has 0 aliphatic rings. The Hall–Kier alpha value is -2.25. The van der Waals surface area contributed by atoms with Crippen LogP contribution in [0, 0.1) is 0 Å². The van der Waals surface area contributed by atoms with Crippen LogP contribution in [-0.2, 0) is 20.9 Å². The molecule has 1 aromatic carbocycles. The molecule has 0 spiro atoms. The molecule has 1 rings (SSSR count). The van der Waals surface area contributed by atoms with Crippen molar-refractivity contribution in [3.05, 3.63) is 35.9 Å². The van der Waals surface area contributed by atoms with Crippen LogP contribution in [0.25, 0.3) is 0 Å². The predicted octanol–water partition coefficient (Wildman–Crippen LogP) is 3.19. The van der Waals surface area contributed by atoms with Crippen LogP contribution in [0.4, 0.5) is 18.0 Å². The number of hydrogen-bond acceptors (Lipinski definition) is 4. The maximum absolute atomic E-state index is 12.0. The van der Waals surface area contributed by atoms with Crippen LogP contribution in [-0.4, -0.2) is 30.9 Å². The van der Waals surface area contributed by atoms with E-state index in [1.807, 2.05) is 0 Å². The van der Waals surface area contributed by atoms with Crippen molar-refractivity contribution in [2.75, 3.05) is 6.61 Å². The van der Waals surface area contributed by atoms with Gasteiger partial charge in [-0.3, -0.25) is 0 Å². The van der Waals surface area contributed by atoms with E-state index in [1.54, 1.807) is 37.3 Å². The fourth-order valence-corrected chi connectivity index (χ4v) is 1.70. The second kappa shape index (κ2) is 9.02. The van der Waals surface area contributed by atoms with Gasteiger partial charge < -0.3 is 14.8 Å². The second-order valence-corrected chi connectivity index (χ2v) is 4.77. The van der Waals surface area contributed by atoms with Crippen LogP contribution in [0.2, 0.25) is 0 Å². The lowest BCUT2D eigenvalue weighted by molar-refractivity contribution is -0.187. The summed E-state index contributed by atoms with van der Waals surface area (Å²) >= 11 is 0. The van der Waals surface area contributed by atoms with E-state index in [2.05, 4.69) is 10.1 Å². The molecular weight excluding hydrogens is 315 g/mol. The van der Waals surface area contributed by atoms with Crippen molar-refractivity contribution in [3.8, 4) is 0 Å². The van der Waals surface area contributed by atoms with Gasteiger partial charge in [0.25, 0.3) is 0 Å². The quantitative estimate of drug-likeness (QED) is 0.778. The smallest absolute Gasteiger partial charge is 0.422 e. The van der Waals surface area contributed by atoms with Crippen LogP contribution >= 0.6 is 0 Å².